The zero-order valence-corrected chi connectivity index (χ0v) is 19.1. The van der Waals surface area contributed by atoms with Gasteiger partial charge >= 0.3 is 0 Å². The highest BCUT2D eigenvalue weighted by Gasteiger charge is 2.30. The van der Waals surface area contributed by atoms with Crippen LogP contribution < -0.4 is 5.32 Å². The summed E-state index contributed by atoms with van der Waals surface area (Å²) in [6.45, 7) is 14.0. The molecule has 1 fully saturated rings. The fourth-order valence-electron chi connectivity index (χ4n) is 2.91. The molecule has 1 saturated heterocycles. The molecule has 1 aliphatic rings. The molecule has 1 unspecified atom stereocenters. The second-order valence-electron chi connectivity index (χ2n) is 7.01. The van der Waals surface area contributed by atoms with Gasteiger partial charge < -0.3 is 10.2 Å². The van der Waals surface area contributed by atoms with Crippen molar-refractivity contribution in [2.45, 2.75) is 51.8 Å². The second-order valence-corrected chi connectivity index (χ2v) is 9.88. The summed E-state index contributed by atoms with van der Waals surface area (Å²) in [4.78, 5) is 9.01. The summed E-state index contributed by atoms with van der Waals surface area (Å²) >= 11 is 0. The number of halogens is 1. The summed E-state index contributed by atoms with van der Waals surface area (Å²) in [5, 5.41) is 3.21. The number of hydrogen-bond acceptors (Lipinski definition) is 4. The van der Waals surface area contributed by atoms with E-state index in [-0.39, 0.29) is 29.7 Å². The van der Waals surface area contributed by atoms with E-state index in [1.807, 2.05) is 0 Å². The van der Waals surface area contributed by atoms with E-state index in [1.165, 1.54) is 0 Å². The van der Waals surface area contributed by atoms with Gasteiger partial charge in [-0.2, -0.15) is 0 Å². The highest BCUT2D eigenvalue weighted by Crippen LogP contribution is 2.16. The van der Waals surface area contributed by atoms with Crippen LogP contribution in [0.25, 0.3) is 0 Å². The monoisotopic (exact) mass is 474 g/mol. The van der Waals surface area contributed by atoms with Crippen LogP contribution in [0, 0.1) is 0 Å². The van der Waals surface area contributed by atoms with Crippen molar-refractivity contribution in [3.05, 3.63) is 0 Å². The van der Waals surface area contributed by atoms with Crippen LogP contribution in [0.1, 0.15) is 41.0 Å². The zero-order valence-electron chi connectivity index (χ0n) is 16.0. The van der Waals surface area contributed by atoms with Crippen LogP contribution in [0.2, 0.25) is 0 Å². The number of likely N-dealkylation sites (N-methyl/N-ethyl adjacent to an activating group) is 1. The molecule has 0 spiro atoms. The molecule has 0 bridgehead atoms. The number of sulfone groups is 1. The van der Waals surface area contributed by atoms with Gasteiger partial charge in [-0.05, 0) is 40.3 Å². The van der Waals surface area contributed by atoms with Crippen molar-refractivity contribution in [3.63, 3.8) is 0 Å². The smallest absolute Gasteiger partial charge is 0.193 e. The van der Waals surface area contributed by atoms with Gasteiger partial charge in [-0.1, -0.05) is 13.8 Å². The summed E-state index contributed by atoms with van der Waals surface area (Å²) < 4.78 is 23.6. The highest BCUT2D eigenvalue weighted by molar-refractivity contribution is 14.0. The second kappa shape index (κ2) is 10.2. The number of nitrogens with zero attached hydrogens (tertiary/aromatic N) is 3. The number of likely N-dealkylation sites (tertiary alicyclic amines) is 1. The molecule has 1 aliphatic heterocycles. The van der Waals surface area contributed by atoms with Crippen molar-refractivity contribution >= 4 is 39.8 Å². The molecule has 0 amide bonds. The molecule has 0 aromatic rings. The fourth-order valence-corrected chi connectivity index (χ4v) is 3.89. The maximum Gasteiger partial charge on any atom is 0.193 e. The van der Waals surface area contributed by atoms with E-state index in [0.717, 1.165) is 38.6 Å². The van der Waals surface area contributed by atoms with Crippen molar-refractivity contribution in [3.8, 4) is 0 Å². The molecule has 24 heavy (non-hydrogen) atoms. The standard InChI is InChI=1S/C16H34N4O2S.HI/c1-7-19(8-2)14-9-11-20(13-14)15(17-6)18-10-12-23(21,22)16(3,4)5;/h14H,7-13H2,1-6H3,(H,17,18);1H. The normalized spacial score (nSPS) is 19.5. The van der Waals surface area contributed by atoms with Crippen molar-refractivity contribution in [1.82, 2.24) is 15.1 Å². The Hall–Kier alpha value is -0.0900. The Morgan fingerprint density at radius 3 is 2.33 bits per heavy atom. The minimum absolute atomic E-state index is 0. The summed E-state index contributed by atoms with van der Waals surface area (Å²) in [6.07, 6.45) is 1.13. The molecule has 1 N–H and O–H groups in total. The van der Waals surface area contributed by atoms with E-state index in [1.54, 1.807) is 27.8 Å². The lowest BCUT2D eigenvalue weighted by atomic mass is 10.2. The van der Waals surface area contributed by atoms with Gasteiger partial charge in [-0.15, -0.1) is 24.0 Å². The van der Waals surface area contributed by atoms with Crippen LogP contribution in [0.4, 0.5) is 0 Å². The van der Waals surface area contributed by atoms with E-state index in [4.69, 9.17) is 0 Å². The number of hydrogen-bond donors (Lipinski definition) is 1. The van der Waals surface area contributed by atoms with Crippen LogP contribution >= 0.6 is 24.0 Å². The Kier molecular flexibility index (Phi) is 10.1. The zero-order chi connectivity index (χ0) is 17.7. The van der Waals surface area contributed by atoms with Gasteiger partial charge in [0.2, 0.25) is 0 Å². The number of guanidine groups is 1. The Bertz CT molecular complexity index is 499. The van der Waals surface area contributed by atoms with E-state index in [2.05, 4.69) is 34.0 Å². The number of nitrogens with one attached hydrogen (secondary N) is 1. The average Bonchev–Trinajstić information content (AvgIpc) is 2.93. The third-order valence-electron chi connectivity index (χ3n) is 4.59. The first-order valence-corrected chi connectivity index (χ1v) is 10.2. The third-order valence-corrected chi connectivity index (χ3v) is 7.20. The van der Waals surface area contributed by atoms with Crippen molar-refractivity contribution in [1.29, 1.82) is 0 Å². The number of rotatable bonds is 6. The van der Waals surface area contributed by atoms with E-state index in [0.29, 0.717) is 12.6 Å². The molecule has 8 heteroatoms. The molecule has 1 rings (SSSR count). The molecule has 144 valence electrons. The molecule has 1 atom stereocenters. The van der Waals surface area contributed by atoms with Crippen molar-refractivity contribution in [2.24, 2.45) is 4.99 Å². The molecular formula is C16H35IN4O2S. The Balaban J connectivity index is 0.00000529. The average molecular weight is 474 g/mol. The van der Waals surface area contributed by atoms with Gasteiger partial charge in [0, 0.05) is 32.7 Å². The van der Waals surface area contributed by atoms with Crippen LogP contribution in [0.15, 0.2) is 4.99 Å². The van der Waals surface area contributed by atoms with Crippen LogP contribution in [-0.2, 0) is 9.84 Å². The van der Waals surface area contributed by atoms with Gasteiger partial charge in [0.05, 0.1) is 10.5 Å². The molecule has 0 radical (unpaired) electrons. The quantitative estimate of drug-likeness (QED) is 0.362. The van der Waals surface area contributed by atoms with Crippen LogP contribution in [0.3, 0.4) is 0 Å². The van der Waals surface area contributed by atoms with Gasteiger partial charge in [0.25, 0.3) is 0 Å². The lowest BCUT2D eigenvalue weighted by molar-refractivity contribution is 0.223. The Morgan fingerprint density at radius 2 is 1.88 bits per heavy atom. The first-order valence-electron chi connectivity index (χ1n) is 8.58. The Labute approximate surface area is 165 Å². The molecule has 0 aromatic heterocycles. The van der Waals surface area contributed by atoms with Gasteiger partial charge in [0.1, 0.15) is 0 Å². The number of aliphatic imine (C=N–C) groups is 1. The van der Waals surface area contributed by atoms with E-state index in [9.17, 15) is 8.42 Å². The predicted molar refractivity (Wildman–Crippen MR) is 113 cm³/mol. The molecule has 1 heterocycles. The third kappa shape index (κ3) is 6.33. The fraction of sp³-hybridized carbons (Fsp3) is 0.938. The first kappa shape index (κ1) is 23.9. The molecule has 0 aromatic carbocycles. The van der Waals surface area contributed by atoms with Crippen LogP contribution in [0.5, 0.6) is 0 Å². The van der Waals surface area contributed by atoms with E-state index < -0.39 is 14.6 Å². The van der Waals surface area contributed by atoms with Crippen molar-refractivity contribution in [2.75, 3.05) is 45.5 Å². The summed E-state index contributed by atoms with van der Waals surface area (Å²) in [6, 6.07) is 0.557. The Morgan fingerprint density at radius 1 is 1.29 bits per heavy atom. The maximum absolute atomic E-state index is 12.2. The topological polar surface area (TPSA) is 65.0 Å². The summed E-state index contributed by atoms with van der Waals surface area (Å²) in [5.74, 6) is 0.937. The molecule has 0 saturated carbocycles. The van der Waals surface area contributed by atoms with E-state index >= 15 is 0 Å². The SMILES string of the molecule is CCN(CC)C1CCN(C(=NC)NCCS(=O)(=O)C(C)(C)C)C1.I. The summed E-state index contributed by atoms with van der Waals surface area (Å²) in [7, 11) is -1.35. The van der Waals surface area contributed by atoms with Gasteiger partial charge in [-0.3, -0.25) is 9.89 Å². The minimum atomic E-state index is -3.10. The van der Waals surface area contributed by atoms with Crippen molar-refractivity contribution < 1.29 is 8.42 Å². The highest BCUT2D eigenvalue weighted by atomic mass is 127. The summed E-state index contributed by atoms with van der Waals surface area (Å²) in [5.41, 5.74) is 0. The molecule has 6 nitrogen and oxygen atoms in total. The molecular weight excluding hydrogens is 439 g/mol. The largest absolute Gasteiger partial charge is 0.355 e. The molecule has 0 aliphatic carbocycles. The maximum atomic E-state index is 12.2. The van der Waals surface area contributed by atoms with Crippen LogP contribution in [-0.4, -0.2) is 80.5 Å². The first-order chi connectivity index (χ1) is 10.7. The van der Waals surface area contributed by atoms with Gasteiger partial charge in [0.15, 0.2) is 15.8 Å². The predicted octanol–water partition coefficient (Wildman–Crippen LogP) is 1.81. The van der Waals surface area contributed by atoms with Gasteiger partial charge in [-0.25, -0.2) is 8.42 Å². The lowest BCUT2D eigenvalue weighted by Crippen LogP contribution is -2.45. The minimum Gasteiger partial charge on any atom is -0.355 e. The lowest BCUT2D eigenvalue weighted by Gasteiger charge is -2.27.